The largest absolute Gasteiger partial charge is 0.462 e. The normalized spacial score (nSPS) is 13.8. The molecule has 0 saturated heterocycles. The number of benzene rings is 2. The summed E-state index contributed by atoms with van der Waals surface area (Å²) in [5, 5.41) is 11.9. The van der Waals surface area contributed by atoms with Crippen molar-refractivity contribution in [2.75, 3.05) is 20.2 Å². The van der Waals surface area contributed by atoms with Crippen molar-refractivity contribution in [3.05, 3.63) is 64.2 Å². The van der Waals surface area contributed by atoms with E-state index in [1.54, 1.807) is 37.5 Å². The SMILES string of the molecule is CCOC(=O)c1ccc(C(O)(c2cc(C)c(N=CN(C)CC)cc2CC)C(C)(C)F)cc1. The Morgan fingerprint density at radius 3 is 2.31 bits per heavy atom. The molecule has 0 aliphatic heterocycles. The van der Waals surface area contributed by atoms with E-state index in [-0.39, 0.29) is 6.61 Å². The van der Waals surface area contributed by atoms with Gasteiger partial charge in [0.15, 0.2) is 0 Å². The molecule has 0 heterocycles. The Morgan fingerprint density at radius 2 is 1.81 bits per heavy atom. The van der Waals surface area contributed by atoms with Crippen LogP contribution in [0.1, 0.15) is 67.2 Å². The van der Waals surface area contributed by atoms with Gasteiger partial charge in [0.25, 0.3) is 0 Å². The lowest BCUT2D eigenvalue weighted by Crippen LogP contribution is -2.46. The number of carbonyl (C=O) groups is 1. The van der Waals surface area contributed by atoms with E-state index in [1.165, 1.54) is 13.8 Å². The van der Waals surface area contributed by atoms with E-state index in [0.29, 0.717) is 23.1 Å². The van der Waals surface area contributed by atoms with Crippen molar-refractivity contribution < 1.29 is 19.0 Å². The van der Waals surface area contributed by atoms with Crippen molar-refractivity contribution in [3.8, 4) is 0 Å². The van der Waals surface area contributed by atoms with E-state index >= 15 is 4.39 Å². The van der Waals surface area contributed by atoms with Crippen molar-refractivity contribution in [1.29, 1.82) is 0 Å². The molecule has 0 bridgehead atoms. The molecule has 1 unspecified atom stereocenters. The van der Waals surface area contributed by atoms with Crippen LogP contribution in [0.5, 0.6) is 0 Å². The maximum atomic E-state index is 15.7. The zero-order chi connectivity index (χ0) is 24.1. The van der Waals surface area contributed by atoms with E-state index in [9.17, 15) is 9.90 Å². The van der Waals surface area contributed by atoms with Gasteiger partial charge in [0.1, 0.15) is 11.3 Å². The van der Waals surface area contributed by atoms with Gasteiger partial charge in [0.05, 0.1) is 24.2 Å². The number of ether oxygens (including phenoxy) is 1. The number of alkyl halides is 1. The first kappa shape index (κ1) is 25.5. The molecule has 2 rings (SSSR count). The molecule has 32 heavy (non-hydrogen) atoms. The molecule has 0 aliphatic rings. The molecule has 0 radical (unpaired) electrons. The van der Waals surface area contributed by atoms with Crippen LogP contribution in [0.4, 0.5) is 10.1 Å². The number of aliphatic hydroxyl groups is 1. The Kier molecular flexibility index (Phi) is 8.18. The van der Waals surface area contributed by atoms with Crippen molar-refractivity contribution in [2.24, 2.45) is 4.99 Å². The van der Waals surface area contributed by atoms with Gasteiger partial charge in [0.2, 0.25) is 0 Å². The van der Waals surface area contributed by atoms with E-state index in [0.717, 1.165) is 23.4 Å². The molecule has 1 atom stereocenters. The van der Waals surface area contributed by atoms with Crippen molar-refractivity contribution in [3.63, 3.8) is 0 Å². The second kappa shape index (κ2) is 10.3. The highest BCUT2D eigenvalue weighted by Crippen LogP contribution is 2.44. The lowest BCUT2D eigenvalue weighted by Gasteiger charge is -2.39. The van der Waals surface area contributed by atoms with Crippen LogP contribution in [0.25, 0.3) is 0 Å². The number of hydrogen-bond donors (Lipinski definition) is 1. The van der Waals surface area contributed by atoms with E-state index < -0.39 is 17.2 Å². The number of esters is 1. The highest BCUT2D eigenvalue weighted by Gasteiger charge is 2.48. The zero-order valence-corrected chi connectivity index (χ0v) is 20.2. The summed E-state index contributed by atoms with van der Waals surface area (Å²) < 4.78 is 20.7. The second-order valence-electron chi connectivity index (χ2n) is 8.45. The summed E-state index contributed by atoms with van der Waals surface area (Å²) in [6.07, 6.45) is 2.36. The minimum Gasteiger partial charge on any atom is -0.462 e. The Labute approximate surface area is 190 Å². The number of hydrogen-bond acceptors (Lipinski definition) is 4. The predicted octanol–water partition coefficient (Wildman–Crippen LogP) is 5.33. The molecule has 0 aromatic heterocycles. The van der Waals surface area contributed by atoms with Gasteiger partial charge in [-0.1, -0.05) is 25.1 Å². The minimum atomic E-state index is -2.00. The van der Waals surface area contributed by atoms with Crippen molar-refractivity contribution >= 4 is 18.0 Å². The molecular weight excluding hydrogens is 407 g/mol. The molecular formula is C26H35FN2O3. The lowest BCUT2D eigenvalue weighted by atomic mass is 9.73. The maximum absolute atomic E-state index is 15.7. The molecule has 0 saturated carbocycles. The van der Waals surface area contributed by atoms with E-state index in [1.807, 2.05) is 44.9 Å². The first-order valence-electron chi connectivity index (χ1n) is 11.1. The van der Waals surface area contributed by atoms with Gasteiger partial charge in [-0.3, -0.25) is 0 Å². The minimum absolute atomic E-state index is 0.268. The first-order valence-corrected chi connectivity index (χ1v) is 11.1. The highest BCUT2D eigenvalue weighted by molar-refractivity contribution is 5.89. The van der Waals surface area contributed by atoms with Gasteiger partial charge in [-0.2, -0.15) is 0 Å². The quantitative estimate of drug-likeness (QED) is 0.324. The standard InChI is InChI=1S/C26H35FN2O3/c1-8-19-16-23(28-17-29(7)9-2)18(4)15-22(19)26(31,25(5,6)27)21-13-11-20(12-14-21)24(30)32-10-3/h11-17,31H,8-10H2,1-7H3. The van der Waals surface area contributed by atoms with Crippen LogP contribution in [-0.4, -0.2) is 48.2 Å². The molecule has 0 aliphatic carbocycles. The second-order valence-corrected chi connectivity index (χ2v) is 8.45. The average molecular weight is 443 g/mol. The summed E-state index contributed by atoms with van der Waals surface area (Å²) in [7, 11) is 1.94. The van der Waals surface area contributed by atoms with Gasteiger partial charge in [-0.15, -0.1) is 0 Å². The van der Waals surface area contributed by atoms with E-state index in [2.05, 4.69) is 4.99 Å². The van der Waals surface area contributed by atoms with Crippen LogP contribution in [0, 0.1) is 6.92 Å². The summed E-state index contributed by atoms with van der Waals surface area (Å²) in [6.45, 7) is 11.5. The van der Waals surface area contributed by atoms with Crippen LogP contribution >= 0.6 is 0 Å². The van der Waals surface area contributed by atoms with Crippen LogP contribution in [0.2, 0.25) is 0 Å². The smallest absolute Gasteiger partial charge is 0.338 e. The van der Waals surface area contributed by atoms with Crippen LogP contribution in [-0.2, 0) is 16.8 Å². The molecule has 174 valence electrons. The molecule has 0 spiro atoms. The van der Waals surface area contributed by atoms with Gasteiger partial charge in [0, 0.05) is 13.6 Å². The molecule has 2 aromatic rings. The Morgan fingerprint density at radius 1 is 1.19 bits per heavy atom. The van der Waals surface area contributed by atoms with Crippen LogP contribution in [0.3, 0.4) is 0 Å². The fraction of sp³-hybridized carbons (Fsp3) is 0.462. The number of rotatable bonds is 9. The van der Waals surface area contributed by atoms with Crippen molar-refractivity contribution in [2.45, 2.75) is 59.2 Å². The summed E-state index contributed by atoms with van der Waals surface area (Å²) >= 11 is 0. The Balaban J connectivity index is 2.64. The number of halogens is 1. The molecule has 0 amide bonds. The Hall–Kier alpha value is -2.73. The summed E-state index contributed by atoms with van der Waals surface area (Å²) in [5.74, 6) is -0.452. The molecule has 6 heteroatoms. The van der Waals surface area contributed by atoms with Gasteiger partial charge in [-0.25, -0.2) is 14.2 Å². The maximum Gasteiger partial charge on any atom is 0.338 e. The summed E-state index contributed by atoms with van der Waals surface area (Å²) in [4.78, 5) is 18.5. The third-order valence-corrected chi connectivity index (χ3v) is 5.76. The van der Waals surface area contributed by atoms with E-state index in [4.69, 9.17) is 4.74 Å². The monoisotopic (exact) mass is 442 g/mol. The Bertz CT molecular complexity index is 964. The molecule has 5 nitrogen and oxygen atoms in total. The zero-order valence-electron chi connectivity index (χ0n) is 20.2. The molecule has 0 fully saturated rings. The topological polar surface area (TPSA) is 62.1 Å². The summed E-state index contributed by atoms with van der Waals surface area (Å²) in [5.41, 5.74) is -0.270. The molecule has 1 N–H and O–H groups in total. The predicted molar refractivity (Wildman–Crippen MR) is 128 cm³/mol. The number of aryl methyl sites for hydroxylation is 2. The van der Waals surface area contributed by atoms with Crippen LogP contribution in [0.15, 0.2) is 41.4 Å². The van der Waals surface area contributed by atoms with Crippen molar-refractivity contribution in [1.82, 2.24) is 4.90 Å². The van der Waals surface area contributed by atoms with Gasteiger partial charge < -0.3 is 14.7 Å². The third kappa shape index (κ3) is 5.18. The number of nitrogens with zero attached hydrogens (tertiary/aromatic N) is 2. The number of aliphatic imine (C=N–C) groups is 1. The molecule has 2 aromatic carbocycles. The van der Waals surface area contributed by atoms with Gasteiger partial charge >= 0.3 is 5.97 Å². The third-order valence-electron chi connectivity index (χ3n) is 5.76. The average Bonchev–Trinajstić information content (AvgIpc) is 2.76. The van der Waals surface area contributed by atoms with Gasteiger partial charge in [-0.05, 0) is 81.5 Å². The fourth-order valence-electron chi connectivity index (χ4n) is 3.63. The summed E-state index contributed by atoms with van der Waals surface area (Å²) in [6, 6.07) is 10.0. The lowest BCUT2D eigenvalue weighted by molar-refractivity contribution is -0.0587. The number of carbonyl (C=O) groups excluding carboxylic acids is 1. The highest BCUT2D eigenvalue weighted by atomic mass is 19.1. The van der Waals surface area contributed by atoms with Crippen LogP contribution < -0.4 is 0 Å². The fourth-order valence-corrected chi connectivity index (χ4v) is 3.63. The first-order chi connectivity index (χ1) is 15.0.